The van der Waals surface area contributed by atoms with E-state index in [0.717, 1.165) is 12.8 Å². The van der Waals surface area contributed by atoms with Gasteiger partial charge < -0.3 is 5.73 Å². The summed E-state index contributed by atoms with van der Waals surface area (Å²) in [7, 11) is -3.59. The fourth-order valence-corrected chi connectivity index (χ4v) is 2.81. The van der Waals surface area contributed by atoms with Crippen molar-refractivity contribution in [1.82, 2.24) is 4.72 Å². The maximum Gasteiger partial charge on any atom is 0.299 e. The average molecular weight is 300 g/mol. The highest BCUT2D eigenvalue weighted by Crippen LogP contribution is 2.23. The van der Waals surface area contributed by atoms with Crippen molar-refractivity contribution in [2.45, 2.75) is 18.9 Å². The summed E-state index contributed by atoms with van der Waals surface area (Å²) in [5.74, 6) is 5.49. The minimum Gasteiger partial charge on any atom is -0.320 e. The van der Waals surface area contributed by atoms with E-state index in [1.807, 2.05) is 0 Å². The molecule has 1 aromatic carbocycles. The summed E-state index contributed by atoms with van der Waals surface area (Å²) in [4.78, 5) is 0. The van der Waals surface area contributed by atoms with Gasteiger partial charge in [-0.2, -0.15) is 13.1 Å². The van der Waals surface area contributed by atoms with Gasteiger partial charge in [-0.1, -0.05) is 23.4 Å². The van der Waals surface area contributed by atoms with Gasteiger partial charge in [0.15, 0.2) is 0 Å². The Morgan fingerprint density at radius 1 is 1.42 bits per heavy atom. The highest BCUT2D eigenvalue weighted by atomic mass is 35.5. The molecule has 5 nitrogen and oxygen atoms in total. The molecule has 0 aromatic heterocycles. The van der Waals surface area contributed by atoms with Gasteiger partial charge in [0.05, 0.1) is 12.2 Å². The van der Waals surface area contributed by atoms with Crippen LogP contribution in [-0.2, 0) is 10.2 Å². The summed E-state index contributed by atoms with van der Waals surface area (Å²) in [6.07, 6.45) is 1.74. The zero-order chi connectivity index (χ0) is 13.9. The predicted molar refractivity (Wildman–Crippen MR) is 76.1 cm³/mol. The van der Waals surface area contributed by atoms with Crippen molar-refractivity contribution >= 4 is 27.5 Å². The Labute approximate surface area is 117 Å². The number of benzene rings is 1. The van der Waals surface area contributed by atoms with Crippen molar-refractivity contribution in [3.63, 3.8) is 0 Å². The molecule has 0 spiro atoms. The van der Waals surface area contributed by atoms with Crippen LogP contribution in [0.3, 0.4) is 0 Å². The van der Waals surface area contributed by atoms with Crippen molar-refractivity contribution in [2.24, 2.45) is 5.73 Å². The molecule has 0 aliphatic heterocycles. The van der Waals surface area contributed by atoms with E-state index in [9.17, 15) is 8.42 Å². The van der Waals surface area contributed by atoms with Gasteiger partial charge in [0.1, 0.15) is 0 Å². The van der Waals surface area contributed by atoms with Crippen molar-refractivity contribution in [1.29, 1.82) is 0 Å². The molecule has 0 unspecified atom stereocenters. The molecule has 0 radical (unpaired) electrons. The van der Waals surface area contributed by atoms with E-state index in [4.69, 9.17) is 17.3 Å². The number of hydrogen-bond acceptors (Lipinski definition) is 3. The number of hydrogen-bond donors (Lipinski definition) is 3. The second kappa shape index (κ2) is 5.80. The molecule has 1 aromatic rings. The first-order valence-electron chi connectivity index (χ1n) is 5.79. The highest BCUT2D eigenvalue weighted by molar-refractivity contribution is 7.90. The summed E-state index contributed by atoms with van der Waals surface area (Å²) in [5.41, 5.74) is 6.19. The molecule has 0 saturated heterocycles. The first-order chi connectivity index (χ1) is 9.00. The molecular weight excluding hydrogens is 286 g/mol. The highest BCUT2D eigenvalue weighted by Gasteiger charge is 2.27. The minimum atomic E-state index is -3.59. The summed E-state index contributed by atoms with van der Waals surface area (Å²) < 4.78 is 28.7. The molecular formula is C12H14ClN3O2S. The van der Waals surface area contributed by atoms with E-state index in [0.29, 0.717) is 16.3 Å². The summed E-state index contributed by atoms with van der Waals surface area (Å²) in [6, 6.07) is 4.86. The van der Waals surface area contributed by atoms with Crippen LogP contribution in [0.1, 0.15) is 18.4 Å². The topological polar surface area (TPSA) is 84.2 Å². The maximum atomic E-state index is 11.8. The molecule has 0 atom stereocenters. The van der Waals surface area contributed by atoms with Gasteiger partial charge >= 0.3 is 0 Å². The molecule has 1 fully saturated rings. The third kappa shape index (κ3) is 4.40. The Morgan fingerprint density at radius 3 is 2.79 bits per heavy atom. The molecule has 1 aliphatic carbocycles. The van der Waals surface area contributed by atoms with Crippen LogP contribution in [-0.4, -0.2) is 21.0 Å². The van der Waals surface area contributed by atoms with E-state index >= 15 is 0 Å². The SMILES string of the molecule is NCC#Cc1ccc(Cl)cc1NS(=O)(=O)NC1CC1. The van der Waals surface area contributed by atoms with Crippen LogP contribution < -0.4 is 15.2 Å². The fourth-order valence-electron chi connectivity index (χ4n) is 1.45. The van der Waals surface area contributed by atoms with E-state index in [1.165, 1.54) is 6.07 Å². The summed E-state index contributed by atoms with van der Waals surface area (Å²) in [5, 5.41) is 0.433. The molecule has 1 saturated carbocycles. The lowest BCUT2D eigenvalue weighted by Gasteiger charge is -2.10. The smallest absolute Gasteiger partial charge is 0.299 e. The van der Waals surface area contributed by atoms with Crippen LogP contribution in [0.25, 0.3) is 0 Å². The molecule has 0 bridgehead atoms. The molecule has 0 heterocycles. The molecule has 2 rings (SSSR count). The predicted octanol–water partition coefficient (Wildman–Crippen LogP) is 1.06. The van der Waals surface area contributed by atoms with E-state index in [1.54, 1.807) is 12.1 Å². The first kappa shape index (κ1) is 14.2. The van der Waals surface area contributed by atoms with Crippen molar-refractivity contribution in [3.05, 3.63) is 28.8 Å². The Hall–Kier alpha value is -1.26. The zero-order valence-corrected chi connectivity index (χ0v) is 11.7. The molecule has 19 heavy (non-hydrogen) atoms. The zero-order valence-electron chi connectivity index (χ0n) is 10.1. The van der Waals surface area contributed by atoms with E-state index < -0.39 is 10.2 Å². The first-order valence-corrected chi connectivity index (χ1v) is 7.65. The van der Waals surface area contributed by atoms with Crippen LogP contribution in [0.5, 0.6) is 0 Å². The number of halogens is 1. The van der Waals surface area contributed by atoms with Gasteiger partial charge in [-0.15, -0.1) is 0 Å². The van der Waals surface area contributed by atoms with Gasteiger partial charge in [-0.3, -0.25) is 4.72 Å². The number of nitrogens with two attached hydrogens (primary N) is 1. The van der Waals surface area contributed by atoms with Crippen LogP contribution in [0, 0.1) is 11.8 Å². The lowest BCUT2D eigenvalue weighted by atomic mass is 10.2. The molecule has 1 aliphatic rings. The number of anilines is 1. The third-order valence-electron chi connectivity index (χ3n) is 2.45. The second-order valence-corrected chi connectivity index (χ2v) is 6.08. The van der Waals surface area contributed by atoms with E-state index in [2.05, 4.69) is 21.3 Å². The van der Waals surface area contributed by atoms with Gasteiger partial charge in [0.25, 0.3) is 10.2 Å². The Morgan fingerprint density at radius 2 is 2.16 bits per heavy atom. The Bertz CT molecular complexity index is 630. The fraction of sp³-hybridized carbons (Fsp3) is 0.333. The minimum absolute atomic E-state index is 0.0373. The van der Waals surface area contributed by atoms with E-state index in [-0.39, 0.29) is 12.6 Å². The molecule has 4 N–H and O–H groups in total. The molecule has 102 valence electrons. The number of rotatable bonds is 4. The molecule has 7 heteroatoms. The number of nitrogens with one attached hydrogen (secondary N) is 2. The van der Waals surface area contributed by atoms with Gasteiger partial charge in [-0.05, 0) is 31.0 Å². The van der Waals surface area contributed by atoms with Gasteiger partial charge in [0, 0.05) is 16.6 Å². The van der Waals surface area contributed by atoms with Crippen LogP contribution in [0.4, 0.5) is 5.69 Å². The lowest BCUT2D eigenvalue weighted by molar-refractivity contribution is 0.586. The normalized spacial score (nSPS) is 14.6. The monoisotopic (exact) mass is 299 g/mol. The quantitative estimate of drug-likeness (QED) is 0.727. The molecule has 0 amide bonds. The second-order valence-electron chi connectivity index (χ2n) is 4.19. The summed E-state index contributed by atoms with van der Waals surface area (Å²) >= 11 is 5.87. The van der Waals surface area contributed by atoms with Crippen molar-refractivity contribution in [3.8, 4) is 11.8 Å². The van der Waals surface area contributed by atoms with Gasteiger partial charge in [0.2, 0.25) is 0 Å². The summed E-state index contributed by atoms with van der Waals surface area (Å²) in [6.45, 7) is 0.204. The maximum absolute atomic E-state index is 11.8. The van der Waals surface area contributed by atoms with Crippen molar-refractivity contribution < 1.29 is 8.42 Å². The van der Waals surface area contributed by atoms with Crippen LogP contribution in [0.2, 0.25) is 5.02 Å². The van der Waals surface area contributed by atoms with Crippen LogP contribution in [0.15, 0.2) is 18.2 Å². The average Bonchev–Trinajstić information content (AvgIpc) is 3.10. The Kier molecular flexibility index (Phi) is 4.32. The third-order valence-corrected chi connectivity index (χ3v) is 3.82. The van der Waals surface area contributed by atoms with Gasteiger partial charge in [-0.25, -0.2) is 0 Å². The Balaban J connectivity index is 2.24. The van der Waals surface area contributed by atoms with Crippen LogP contribution >= 0.6 is 11.6 Å². The largest absolute Gasteiger partial charge is 0.320 e. The lowest BCUT2D eigenvalue weighted by Crippen LogP contribution is -2.32. The standard InChI is InChI=1S/C12H14ClN3O2S/c13-10-4-3-9(2-1-7-14)12(8-10)16-19(17,18)15-11-5-6-11/h3-4,8,11,15-16H,5-7,14H2. The van der Waals surface area contributed by atoms with Crippen molar-refractivity contribution in [2.75, 3.05) is 11.3 Å².